The Labute approximate surface area is 194 Å². The topological polar surface area (TPSA) is 100 Å². The van der Waals surface area contributed by atoms with Crippen molar-refractivity contribution < 1.29 is 22.6 Å². The van der Waals surface area contributed by atoms with E-state index in [1.165, 1.54) is 33.3 Å². The lowest BCUT2D eigenvalue weighted by atomic mass is 10.1. The molecule has 0 aliphatic heterocycles. The van der Waals surface area contributed by atoms with Crippen molar-refractivity contribution >= 4 is 11.5 Å². The number of halogens is 3. The van der Waals surface area contributed by atoms with Gasteiger partial charge in [-0.2, -0.15) is 13.2 Å². The van der Waals surface area contributed by atoms with Gasteiger partial charge in [0.25, 0.3) is 5.56 Å². The highest BCUT2D eigenvalue weighted by Gasteiger charge is 2.30. The van der Waals surface area contributed by atoms with Gasteiger partial charge in [0.1, 0.15) is 17.2 Å². The summed E-state index contributed by atoms with van der Waals surface area (Å²) >= 11 is 0. The van der Waals surface area contributed by atoms with Crippen molar-refractivity contribution in [3.05, 3.63) is 80.9 Å². The number of H-pyrrole nitrogens is 1. The minimum Gasteiger partial charge on any atom is -0.493 e. The molecule has 1 unspecified atom stereocenters. The van der Waals surface area contributed by atoms with Crippen LogP contribution in [0, 0.1) is 5.41 Å². The summed E-state index contributed by atoms with van der Waals surface area (Å²) in [6.07, 6.45) is -4.15. The third-order valence-corrected chi connectivity index (χ3v) is 5.25. The molecule has 0 amide bonds. The van der Waals surface area contributed by atoms with Gasteiger partial charge in [-0.05, 0) is 49.2 Å². The molecule has 0 saturated heterocycles. The molecular weight excluding hydrogens is 449 g/mol. The number of nitrogens with one attached hydrogen (secondary N) is 3. The second kappa shape index (κ2) is 9.98. The summed E-state index contributed by atoms with van der Waals surface area (Å²) < 4.78 is 49.1. The van der Waals surface area contributed by atoms with Crippen molar-refractivity contribution in [3.63, 3.8) is 0 Å². The van der Waals surface area contributed by atoms with E-state index in [0.717, 1.165) is 17.7 Å². The Balaban J connectivity index is 1.92. The first-order valence-electron chi connectivity index (χ1n) is 10.4. The van der Waals surface area contributed by atoms with E-state index in [0.29, 0.717) is 22.9 Å². The highest BCUT2D eigenvalue weighted by atomic mass is 19.4. The van der Waals surface area contributed by atoms with E-state index < -0.39 is 23.3 Å². The van der Waals surface area contributed by atoms with Crippen LogP contribution in [0.3, 0.4) is 0 Å². The second-order valence-corrected chi connectivity index (χ2v) is 7.71. The van der Waals surface area contributed by atoms with Crippen LogP contribution in [-0.4, -0.2) is 29.9 Å². The molecule has 3 N–H and O–H groups in total. The molecule has 0 radical (unpaired) electrons. The number of rotatable bonds is 8. The highest BCUT2D eigenvalue weighted by Crippen LogP contribution is 2.31. The number of ether oxygens (including phenoxy) is 2. The maximum atomic E-state index is 12.9. The van der Waals surface area contributed by atoms with Gasteiger partial charge in [-0.1, -0.05) is 18.2 Å². The minimum atomic E-state index is -4.42. The summed E-state index contributed by atoms with van der Waals surface area (Å²) in [5, 5.41) is 11.1. The Morgan fingerprint density at radius 1 is 1.12 bits per heavy atom. The molecule has 180 valence electrons. The van der Waals surface area contributed by atoms with Crippen molar-refractivity contribution in [1.82, 2.24) is 9.97 Å². The third-order valence-electron chi connectivity index (χ3n) is 5.25. The van der Waals surface area contributed by atoms with Crippen LogP contribution in [0.25, 0.3) is 0 Å². The van der Waals surface area contributed by atoms with E-state index in [2.05, 4.69) is 15.3 Å². The van der Waals surface area contributed by atoms with Gasteiger partial charge in [-0.25, -0.2) is 4.98 Å². The zero-order chi connectivity index (χ0) is 25.0. The van der Waals surface area contributed by atoms with Gasteiger partial charge in [-0.15, -0.1) is 0 Å². The zero-order valence-electron chi connectivity index (χ0n) is 19.1. The minimum absolute atomic E-state index is 0.00790. The normalized spacial score (nSPS) is 12.2. The van der Waals surface area contributed by atoms with E-state index >= 15 is 0 Å². The number of benzene rings is 2. The number of aromatic nitrogens is 2. The number of anilines is 1. The first-order valence-corrected chi connectivity index (χ1v) is 10.4. The molecule has 1 atom stereocenters. The van der Waals surface area contributed by atoms with E-state index in [-0.39, 0.29) is 23.5 Å². The Morgan fingerprint density at radius 3 is 2.32 bits per heavy atom. The van der Waals surface area contributed by atoms with Crippen molar-refractivity contribution in [1.29, 1.82) is 5.41 Å². The first kappa shape index (κ1) is 24.8. The molecule has 34 heavy (non-hydrogen) atoms. The average Bonchev–Trinajstić information content (AvgIpc) is 2.77. The fourth-order valence-corrected chi connectivity index (χ4v) is 3.49. The molecular formula is C24H25F3N4O3. The Morgan fingerprint density at radius 2 is 1.76 bits per heavy atom. The van der Waals surface area contributed by atoms with Gasteiger partial charge in [0.05, 0.1) is 19.8 Å². The largest absolute Gasteiger partial charge is 0.493 e. The van der Waals surface area contributed by atoms with Crippen LogP contribution in [0.2, 0.25) is 0 Å². The summed E-state index contributed by atoms with van der Waals surface area (Å²) in [5.74, 6) is 1.63. The second-order valence-electron chi connectivity index (χ2n) is 7.71. The molecule has 0 saturated carbocycles. The molecule has 0 bridgehead atoms. The number of aromatic amines is 1. The van der Waals surface area contributed by atoms with Crippen molar-refractivity contribution in [2.45, 2.75) is 32.5 Å². The number of nitrogens with zero attached hydrogens (tertiary/aromatic N) is 1. The first-order chi connectivity index (χ1) is 16.0. The van der Waals surface area contributed by atoms with Crippen LogP contribution in [0.5, 0.6) is 11.5 Å². The molecule has 0 aliphatic carbocycles. The van der Waals surface area contributed by atoms with Gasteiger partial charge in [-0.3, -0.25) is 4.79 Å². The summed E-state index contributed by atoms with van der Waals surface area (Å²) in [4.78, 5) is 20.0. The van der Waals surface area contributed by atoms with Crippen molar-refractivity contribution in [2.24, 2.45) is 0 Å². The van der Waals surface area contributed by atoms with E-state index in [1.54, 1.807) is 19.1 Å². The van der Waals surface area contributed by atoms with Crippen LogP contribution in [0.1, 0.15) is 48.0 Å². The molecule has 3 aromatic rings. The number of methoxy groups -OCH3 is 2. The van der Waals surface area contributed by atoms with Gasteiger partial charge in [0, 0.05) is 18.2 Å². The molecule has 0 aliphatic rings. The maximum Gasteiger partial charge on any atom is 0.416 e. The van der Waals surface area contributed by atoms with Crippen LogP contribution in [-0.2, 0) is 12.6 Å². The van der Waals surface area contributed by atoms with Gasteiger partial charge < -0.3 is 25.2 Å². The fraction of sp³-hybridized carbons (Fsp3) is 0.292. The molecule has 0 fully saturated rings. The van der Waals surface area contributed by atoms with E-state index in [9.17, 15) is 18.0 Å². The van der Waals surface area contributed by atoms with Crippen LogP contribution >= 0.6 is 0 Å². The van der Waals surface area contributed by atoms with Gasteiger partial charge in [0.2, 0.25) is 0 Å². The molecule has 2 aromatic carbocycles. The fourth-order valence-electron chi connectivity index (χ4n) is 3.49. The SMILES string of the molecule is COc1ccc(Cc2nc(NC(C)c3ccc(C(F)(F)F)cc3)c(C(C)=N)c(=O)[nH]2)cc1OC. The van der Waals surface area contributed by atoms with Crippen LogP contribution < -0.4 is 20.3 Å². The lowest BCUT2D eigenvalue weighted by Crippen LogP contribution is -2.24. The summed E-state index contributed by atoms with van der Waals surface area (Å²) in [6, 6.07) is 9.61. The molecule has 1 heterocycles. The maximum absolute atomic E-state index is 12.9. The number of hydrogen-bond donors (Lipinski definition) is 3. The zero-order valence-corrected chi connectivity index (χ0v) is 19.1. The predicted octanol–water partition coefficient (Wildman–Crippen LogP) is 4.96. The van der Waals surface area contributed by atoms with Crippen molar-refractivity contribution in [3.8, 4) is 11.5 Å². The Bertz CT molecular complexity index is 1240. The third kappa shape index (κ3) is 5.56. The molecule has 1 aromatic heterocycles. The Hall–Kier alpha value is -3.82. The summed E-state index contributed by atoms with van der Waals surface area (Å²) in [7, 11) is 3.05. The molecule has 3 rings (SSSR count). The van der Waals surface area contributed by atoms with Crippen LogP contribution in [0.15, 0.2) is 47.3 Å². The quantitative estimate of drug-likeness (QED) is 0.401. The monoisotopic (exact) mass is 474 g/mol. The average molecular weight is 474 g/mol. The van der Waals surface area contributed by atoms with Gasteiger partial charge in [0.15, 0.2) is 11.5 Å². The molecule has 7 nitrogen and oxygen atoms in total. The number of alkyl halides is 3. The summed E-state index contributed by atoms with van der Waals surface area (Å²) in [6.45, 7) is 3.21. The van der Waals surface area contributed by atoms with Crippen molar-refractivity contribution in [2.75, 3.05) is 19.5 Å². The van der Waals surface area contributed by atoms with Gasteiger partial charge >= 0.3 is 6.18 Å². The van der Waals surface area contributed by atoms with Crippen LogP contribution in [0.4, 0.5) is 19.0 Å². The lowest BCUT2D eigenvalue weighted by molar-refractivity contribution is -0.137. The Kier molecular flexibility index (Phi) is 7.29. The summed E-state index contributed by atoms with van der Waals surface area (Å²) in [5.41, 5.74) is 0.224. The van der Waals surface area contributed by atoms with E-state index in [4.69, 9.17) is 14.9 Å². The number of hydrogen-bond acceptors (Lipinski definition) is 6. The smallest absolute Gasteiger partial charge is 0.416 e. The predicted molar refractivity (Wildman–Crippen MR) is 123 cm³/mol. The van der Waals surface area contributed by atoms with E-state index in [1.807, 2.05) is 6.07 Å². The lowest BCUT2D eigenvalue weighted by Gasteiger charge is -2.18. The molecule has 10 heteroatoms. The molecule has 0 spiro atoms. The highest BCUT2D eigenvalue weighted by molar-refractivity contribution is 6.00. The standard InChI is InChI=1S/C24H25F3N4O3/c1-13(28)21-22(29-14(2)16-6-8-17(9-7-16)24(25,26)27)30-20(31-23(21)32)12-15-5-10-18(33-3)19(11-15)34-4/h5-11,14,28H,12H2,1-4H3,(H2,29,30,31,32).